The van der Waals surface area contributed by atoms with E-state index in [1.807, 2.05) is 180 Å². The molecule has 542 valence electrons. The largest absolute Gasteiger partial charge is 0.678 e. The monoisotopic (exact) mass is 1440 g/mol. The van der Waals surface area contributed by atoms with Crippen molar-refractivity contribution >= 4 is 90.9 Å². The van der Waals surface area contributed by atoms with Crippen molar-refractivity contribution < 1.29 is 36.2 Å². The van der Waals surface area contributed by atoms with Gasteiger partial charge in [-0.1, -0.05) is 145 Å². The highest BCUT2D eigenvalue weighted by Crippen LogP contribution is 2.44. The molecule has 2 aromatic heterocycles. The summed E-state index contributed by atoms with van der Waals surface area (Å²) in [7, 11) is -5.69. The van der Waals surface area contributed by atoms with E-state index in [1.54, 1.807) is 6.92 Å². The second-order valence-electron chi connectivity index (χ2n) is 26.2. The Labute approximate surface area is 624 Å². The van der Waals surface area contributed by atoms with E-state index in [9.17, 15) is 0 Å². The summed E-state index contributed by atoms with van der Waals surface area (Å²) in [4.78, 5) is 13.2. The minimum Gasteiger partial charge on any atom is -0.494 e. The summed E-state index contributed by atoms with van der Waals surface area (Å²) < 4.78 is 89.7. The molecule has 1 fully saturated rings. The lowest BCUT2D eigenvalue weighted by atomic mass is 9.91. The first-order valence-electron chi connectivity index (χ1n) is 37.1. The lowest BCUT2D eigenvalue weighted by Crippen LogP contribution is -2.28. The Balaban J connectivity index is 0.996. The highest BCUT2D eigenvalue weighted by molar-refractivity contribution is 7.99. The van der Waals surface area contributed by atoms with Crippen LogP contribution in [0.4, 0.5) is 23.0 Å². The van der Waals surface area contributed by atoms with E-state index in [4.69, 9.17) is 28.9 Å². The topological polar surface area (TPSA) is 74.7 Å². The third-order valence-electron chi connectivity index (χ3n) is 19.6. The smallest absolute Gasteiger partial charge is 0.494 e. The molecular formula is C87H99B2F4N5O4S2. The van der Waals surface area contributed by atoms with Gasteiger partial charge in [-0.15, -0.1) is 0 Å². The zero-order valence-corrected chi connectivity index (χ0v) is 64.1. The van der Waals surface area contributed by atoms with E-state index in [0.717, 1.165) is 165 Å². The fourth-order valence-corrected chi connectivity index (χ4v) is 15.5. The van der Waals surface area contributed by atoms with Crippen molar-refractivity contribution in [2.24, 2.45) is 9.98 Å². The second kappa shape index (κ2) is 38.6. The van der Waals surface area contributed by atoms with Gasteiger partial charge in [-0.3, -0.25) is 17.3 Å². The summed E-state index contributed by atoms with van der Waals surface area (Å²) in [6.45, 7) is 28.2. The van der Waals surface area contributed by atoms with Gasteiger partial charge in [0.05, 0.1) is 62.5 Å². The molecule has 104 heavy (non-hydrogen) atoms. The Morgan fingerprint density at radius 3 is 1.31 bits per heavy atom. The molecule has 0 saturated carbocycles. The van der Waals surface area contributed by atoms with Crippen LogP contribution in [0, 0.1) is 32.6 Å². The number of rotatable bonds is 25. The molecule has 5 heterocycles. The SMILES string of the molecule is CCCCOc1ccc(/C=C/C2=NC(=C(/c3ccc(C#Cc4ccc(/C(=C5N=C(/C=C/c6ccc(N7CCSCCOCCOCCSCC7)cc6)C(CC)=C/5C)c5c(C)c(CC)c(C)n5B(F)F)cc4)cc3)c3c(C)c(CC)c(/C=C/c4ccc(OCCCC)cc4)n3B(F)F)/C(C)=C2CC)cc1. The zero-order chi connectivity index (χ0) is 73.7. The van der Waals surface area contributed by atoms with Gasteiger partial charge in [0, 0.05) is 86.8 Å². The fraction of sp³-hybridized carbons (Fsp3) is 0.356. The third kappa shape index (κ3) is 19.2. The number of unbranched alkanes of at least 4 members (excludes halogenated alkanes) is 2. The highest BCUT2D eigenvalue weighted by Gasteiger charge is 2.35. The summed E-state index contributed by atoms with van der Waals surface area (Å²) in [6, 6.07) is 40.0. The van der Waals surface area contributed by atoms with Crippen LogP contribution in [-0.2, 0) is 22.3 Å². The Hall–Kier alpha value is -8.39. The van der Waals surface area contributed by atoms with Crippen LogP contribution in [0.25, 0.3) is 35.5 Å². The number of hydrogen-bond donors (Lipinski definition) is 0. The third-order valence-corrected chi connectivity index (χ3v) is 21.4. The van der Waals surface area contributed by atoms with Gasteiger partial charge in [0.25, 0.3) is 0 Å². The van der Waals surface area contributed by atoms with Crippen LogP contribution in [0.15, 0.2) is 177 Å². The minimum atomic E-state index is -2.89. The van der Waals surface area contributed by atoms with E-state index in [2.05, 4.69) is 87.8 Å². The molecule has 0 radical (unpaired) electrons. The number of nitrogens with zero attached hydrogens (tertiary/aromatic N) is 5. The number of benzene rings is 5. The van der Waals surface area contributed by atoms with Crippen LogP contribution in [-0.4, -0.2) is 111 Å². The quantitative estimate of drug-likeness (QED) is 0.0244. The average molecular weight is 1440 g/mol. The van der Waals surface area contributed by atoms with Crippen molar-refractivity contribution in [2.45, 2.75) is 128 Å². The molecule has 0 spiro atoms. The Bertz CT molecular complexity index is 4440. The Kier molecular flexibility index (Phi) is 29.0. The summed E-state index contributed by atoms with van der Waals surface area (Å²) in [5.74, 6) is 12.3. The Morgan fingerprint density at radius 2 is 0.894 bits per heavy atom. The van der Waals surface area contributed by atoms with Gasteiger partial charge >= 0.3 is 14.8 Å². The molecule has 0 bridgehead atoms. The first-order chi connectivity index (χ1) is 50.6. The highest BCUT2D eigenvalue weighted by atomic mass is 32.2. The normalized spacial score (nSPS) is 16.1. The summed E-state index contributed by atoms with van der Waals surface area (Å²) >= 11 is 3.82. The molecule has 9 nitrogen and oxygen atoms in total. The van der Waals surface area contributed by atoms with Gasteiger partial charge in [0.15, 0.2) is 0 Å². The maximum atomic E-state index is 16.3. The van der Waals surface area contributed by atoms with Crippen molar-refractivity contribution in [3.05, 3.63) is 251 Å². The van der Waals surface area contributed by atoms with E-state index in [-0.39, 0.29) is 0 Å². The van der Waals surface area contributed by atoms with Gasteiger partial charge in [-0.2, -0.15) is 23.5 Å². The lowest BCUT2D eigenvalue weighted by molar-refractivity contribution is 0.0605. The van der Waals surface area contributed by atoms with Crippen molar-refractivity contribution in [3.63, 3.8) is 0 Å². The number of aromatic nitrogens is 2. The van der Waals surface area contributed by atoms with Gasteiger partial charge in [0.2, 0.25) is 0 Å². The van der Waals surface area contributed by atoms with Crippen LogP contribution in [0.5, 0.6) is 11.5 Å². The molecule has 17 heteroatoms. The predicted molar refractivity (Wildman–Crippen MR) is 436 cm³/mol. The molecule has 0 atom stereocenters. The van der Waals surface area contributed by atoms with Crippen molar-refractivity contribution in [1.29, 1.82) is 0 Å². The van der Waals surface area contributed by atoms with Gasteiger partial charge in [-0.05, 0) is 224 Å². The number of allylic oxidation sites excluding steroid dienone is 6. The number of ether oxygens (including phenoxy) is 4. The molecule has 0 N–H and O–H groups in total. The van der Waals surface area contributed by atoms with Gasteiger partial charge in [-0.25, -0.2) is 9.98 Å². The molecule has 1 saturated heterocycles. The molecule has 0 aliphatic carbocycles. The minimum absolute atomic E-state index is 0.399. The lowest BCUT2D eigenvalue weighted by Gasteiger charge is -2.25. The van der Waals surface area contributed by atoms with E-state index in [1.165, 1.54) is 14.6 Å². The van der Waals surface area contributed by atoms with Crippen LogP contribution in [0.3, 0.4) is 0 Å². The molecule has 3 aliphatic heterocycles. The van der Waals surface area contributed by atoms with Crippen molar-refractivity contribution in [3.8, 4) is 23.3 Å². The van der Waals surface area contributed by atoms with Crippen molar-refractivity contribution in [2.75, 3.05) is 80.6 Å². The number of thioether (sulfide) groups is 2. The number of halogens is 4. The maximum Gasteiger partial charge on any atom is 0.678 e. The fourth-order valence-electron chi connectivity index (χ4n) is 13.9. The van der Waals surface area contributed by atoms with Crippen LogP contribution >= 0.6 is 23.5 Å². The molecule has 0 unspecified atom stereocenters. The molecule has 3 aliphatic rings. The summed E-state index contributed by atoms with van der Waals surface area (Å²) in [5, 5.41) is 0. The molecule has 0 amide bonds. The average Bonchev–Trinajstić information content (AvgIpc) is 1.59. The maximum absolute atomic E-state index is 16.3. The molecule has 7 aromatic rings. The van der Waals surface area contributed by atoms with Gasteiger partial charge < -0.3 is 32.8 Å². The molecule has 10 rings (SSSR count). The van der Waals surface area contributed by atoms with Crippen molar-refractivity contribution in [1.82, 2.24) is 8.96 Å². The summed E-state index contributed by atoms with van der Waals surface area (Å²) in [5.41, 5.74) is 20.0. The molecular weight excluding hydrogens is 1340 g/mol. The van der Waals surface area contributed by atoms with E-state index in [0.29, 0.717) is 114 Å². The first-order valence-corrected chi connectivity index (χ1v) is 39.4. The predicted octanol–water partition coefficient (Wildman–Crippen LogP) is 21.4. The van der Waals surface area contributed by atoms with Crippen LogP contribution in [0.2, 0.25) is 0 Å². The van der Waals surface area contributed by atoms with Gasteiger partial charge in [0.1, 0.15) is 11.5 Å². The second-order valence-corrected chi connectivity index (χ2v) is 28.7. The molecule has 5 aromatic carbocycles. The number of hydrogen-bond acceptors (Lipinski definition) is 9. The zero-order valence-electron chi connectivity index (χ0n) is 62.5. The van der Waals surface area contributed by atoms with E-state index < -0.39 is 14.8 Å². The standard InChI is InChI=1S/C87H99B2F4N5O4S2/c1-12-18-50-101-73-41-28-68(29-42-73)33-46-80-77(16-5)61(8)85(95-80)83(87-63(10)78(17-6)81(98(87)89(92)93)47-34-69-30-43-74(44-31-69)102-51-19-13-2)71-37-24-66(25-38-71)21-20-65-22-35-70(36-23-65)82(86-62(9)75(14-3)64(11)97(86)88(90)91)84-60(7)76(15-4)79(94-84)45-32-67-26-39-72(40-27-67)96-48-56-103-58-54-99-52-53-100-55-59-104-57-49-96/h22-47H,12-19,48-59H2,1-11H3/b45-32+,46-33+,47-34+,84-82-,85-83-. The number of aliphatic imine (C=N–C) groups is 2. The number of anilines is 1. The van der Waals surface area contributed by atoms with E-state index >= 15 is 17.3 Å². The first kappa shape index (κ1) is 78.2. The summed E-state index contributed by atoms with van der Waals surface area (Å²) in [6.07, 6.45) is 18.4. The Morgan fingerprint density at radius 1 is 0.481 bits per heavy atom. The van der Waals surface area contributed by atoms with Crippen LogP contribution < -0.4 is 14.4 Å². The van der Waals surface area contributed by atoms with Crippen LogP contribution in [0.1, 0.15) is 178 Å².